The van der Waals surface area contributed by atoms with Gasteiger partial charge in [0.15, 0.2) is 5.65 Å². The molecule has 0 aliphatic carbocycles. The lowest BCUT2D eigenvalue weighted by atomic mass is 10.2. The number of hydrogen-bond donors (Lipinski definition) is 1. The lowest BCUT2D eigenvalue weighted by Crippen LogP contribution is -2.15. The third-order valence-corrected chi connectivity index (χ3v) is 3.79. The Kier molecular flexibility index (Phi) is 3.76. The molecule has 0 radical (unpaired) electrons. The van der Waals surface area contributed by atoms with E-state index in [1.165, 1.54) is 0 Å². The van der Waals surface area contributed by atoms with Crippen molar-refractivity contribution < 1.29 is 4.79 Å². The van der Waals surface area contributed by atoms with Gasteiger partial charge in [0.1, 0.15) is 5.69 Å². The average molecular weight is 335 g/mol. The van der Waals surface area contributed by atoms with E-state index in [1.807, 2.05) is 19.9 Å². The van der Waals surface area contributed by atoms with Crippen LogP contribution in [0.4, 0.5) is 5.69 Å². The molecule has 0 spiro atoms. The first-order valence-corrected chi connectivity index (χ1v) is 7.30. The topological polar surface area (TPSA) is 59.3 Å². The molecule has 0 saturated heterocycles. The van der Waals surface area contributed by atoms with E-state index >= 15 is 0 Å². The molecule has 0 aliphatic rings. The summed E-state index contributed by atoms with van der Waals surface area (Å²) in [7, 11) is 0. The Labute approximate surface area is 136 Å². The van der Waals surface area contributed by atoms with E-state index in [0.717, 1.165) is 11.4 Å². The van der Waals surface area contributed by atoms with Crippen LogP contribution in [0.3, 0.4) is 0 Å². The zero-order valence-corrected chi connectivity index (χ0v) is 13.4. The van der Waals surface area contributed by atoms with Crippen molar-refractivity contribution in [2.24, 2.45) is 0 Å². The Hall–Kier alpha value is -2.11. The molecule has 0 bridgehead atoms. The quantitative estimate of drug-likeness (QED) is 0.772. The number of aryl methyl sites for hydroxylation is 2. The van der Waals surface area contributed by atoms with Crippen LogP contribution in [0.1, 0.15) is 21.9 Å². The summed E-state index contributed by atoms with van der Waals surface area (Å²) in [5, 5.41) is 7.75. The molecule has 7 heteroatoms. The molecule has 0 saturated carbocycles. The first kappa shape index (κ1) is 14.8. The van der Waals surface area contributed by atoms with Gasteiger partial charge in [-0.3, -0.25) is 4.79 Å². The van der Waals surface area contributed by atoms with Gasteiger partial charge in [0.05, 0.1) is 21.4 Å². The summed E-state index contributed by atoms with van der Waals surface area (Å²) in [6, 6.07) is 8.51. The Morgan fingerprint density at radius 2 is 1.86 bits per heavy atom. The largest absolute Gasteiger partial charge is 0.318 e. The summed E-state index contributed by atoms with van der Waals surface area (Å²) in [4.78, 5) is 16.7. The fourth-order valence-electron chi connectivity index (χ4n) is 2.15. The van der Waals surface area contributed by atoms with Crippen LogP contribution in [0.15, 0.2) is 30.3 Å². The average Bonchev–Trinajstić information content (AvgIpc) is 2.84. The first-order valence-electron chi connectivity index (χ1n) is 6.55. The van der Waals surface area contributed by atoms with Gasteiger partial charge in [-0.25, -0.2) is 9.50 Å². The maximum Gasteiger partial charge on any atom is 0.274 e. The second-order valence-electron chi connectivity index (χ2n) is 4.89. The van der Waals surface area contributed by atoms with Crippen LogP contribution < -0.4 is 5.32 Å². The lowest BCUT2D eigenvalue weighted by molar-refractivity contribution is 0.102. The minimum absolute atomic E-state index is 0.279. The molecule has 1 aromatic carbocycles. The summed E-state index contributed by atoms with van der Waals surface area (Å²) in [5.41, 5.74) is 2.92. The van der Waals surface area contributed by atoms with Gasteiger partial charge in [-0.05, 0) is 32.0 Å². The second kappa shape index (κ2) is 5.59. The van der Waals surface area contributed by atoms with Crippen molar-refractivity contribution in [3.05, 3.63) is 57.5 Å². The maximum atomic E-state index is 12.4. The zero-order valence-electron chi connectivity index (χ0n) is 11.9. The summed E-state index contributed by atoms with van der Waals surface area (Å²) >= 11 is 12.1. The second-order valence-corrected chi connectivity index (χ2v) is 5.70. The molecule has 0 atom stereocenters. The van der Waals surface area contributed by atoms with Crippen molar-refractivity contribution in [3.63, 3.8) is 0 Å². The Morgan fingerprint density at radius 1 is 1.18 bits per heavy atom. The molecule has 112 valence electrons. The number of rotatable bonds is 2. The molecule has 1 amide bonds. The van der Waals surface area contributed by atoms with Gasteiger partial charge in [0, 0.05) is 11.8 Å². The van der Waals surface area contributed by atoms with Crippen molar-refractivity contribution in [2.45, 2.75) is 13.8 Å². The number of halogens is 2. The highest BCUT2D eigenvalue weighted by Gasteiger charge is 2.15. The standard InChI is InChI=1S/C15H12Cl2N4O/c1-8-6-13-18-12(7-9(2)21(13)20-8)15(22)19-14-10(16)4-3-5-11(14)17/h3-7H,1-2H3,(H,19,22). The molecular formula is C15H12Cl2N4O. The number of aromatic nitrogens is 3. The fraction of sp³-hybridized carbons (Fsp3) is 0.133. The molecule has 0 aliphatic heterocycles. The van der Waals surface area contributed by atoms with Crippen molar-refractivity contribution in [2.75, 3.05) is 5.32 Å². The van der Waals surface area contributed by atoms with Crippen LogP contribution in [0, 0.1) is 13.8 Å². The number of carbonyl (C=O) groups is 1. The van der Waals surface area contributed by atoms with Gasteiger partial charge < -0.3 is 5.32 Å². The summed E-state index contributed by atoms with van der Waals surface area (Å²) in [6.45, 7) is 3.73. The van der Waals surface area contributed by atoms with Gasteiger partial charge >= 0.3 is 0 Å². The Balaban J connectivity index is 1.99. The predicted octanol–water partition coefficient (Wildman–Crippen LogP) is 3.91. The minimum atomic E-state index is -0.376. The smallest absolute Gasteiger partial charge is 0.274 e. The van der Waals surface area contributed by atoms with Crippen LogP contribution in [0.25, 0.3) is 5.65 Å². The number of nitrogens with one attached hydrogen (secondary N) is 1. The highest BCUT2D eigenvalue weighted by Crippen LogP contribution is 2.30. The number of para-hydroxylation sites is 1. The van der Waals surface area contributed by atoms with Crippen LogP contribution in [-0.2, 0) is 0 Å². The van der Waals surface area contributed by atoms with Crippen LogP contribution in [0.2, 0.25) is 10.0 Å². The summed E-state index contributed by atoms with van der Waals surface area (Å²) in [5.74, 6) is -0.376. The molecule has 1 N–H and O–H groups in total. The van der Waals surface area contributed by atoms with Crippen LogP contribution in [0.5, 0.6) is 0 Å². The van der Waals surface area contributed by atoms with Gasteiger partial charge in [-0.15, -0.1) is 0 Å². The zero-order chi connectivity index (χ0) is 15.9. The predicted molar refractivity (Wildman–Crippen MR) is 86.9 cm³/mol. The number of anilines is 1. The van der Waals surface area contributed by atoms with E-state index in [2.05, 4.69) is 15.4 Å². The van der Waals surface area contributed by atoms with Crippen molar-refractivity contribution >= 4 is 40.4 Å². The van der Waals surface area contributed by atoms with Crippen LogP contribution in [-0.4, -0.2) is 20.5 Å². The monoisotopic (exact) mass is 334 g/mol. The highest BCUT2D eigenvalue weighted by molar-refractivity contribution is 6.40. The molecule has 0 fully saturated rings. The SMILES string of the molecule is Cc1cc2nc(C(=O)Nc3c(Cl)cccc3Cl)cc(C)n2n1. The summed E-state index contributed by atoms with van der Waals surface area (Å²) in [6.07, 6.45) is 0. The molecule has 3 aromatic rings. The lowest BCUT2D eigenvalue weighted by Gasteiger charge is -2.09. The molecular weight excluding hydrogens is 323 g/mol. The molecule has 22 heavy (non-hydrogen) atoms. The number of amides is 1. The van der Waals surface area contributed by atoms with Gasteiger partial charge in [-0.1, -0.05) is 29.3 Å². The molecule has 0 unspecified atom stereocenters. The van der Waals surface area contributed by atoms with Gasteiger partial charge in [0.2, 0.25) is 0 Å². The number of carbonyl (C=O) groups excluding carboxylic acids is 1. The Bertz CT molecular complexity index is 868. The van der Waals surface area contributed by atoms with E-state index in [9.17, 15) is 4.79 Å². The number of nitrogens with zero attached hydrogens (tertiary/aromatic N) is 3. The van der Waals surface area contributed by atoms with Crippen molar-refractivity contribution in [1.82, 2.24) is 14.6 Å². The highest BCUT2D eigenvalue weighted by atomic mass is 35.5. The third-order valence-electron chi connectivity index (χ3n) is 3.16. The number of hydrogen-bond acceptors (Lipinski definition) is 3. The maximum absolute atomic E-state index is 12.4. The molecule has 5 nitrogen and oxygen atoms in total. The number of fused-ring (bicyclic) bond motifs is 1. The van der Waals surface area contributed by atoms with Gasteiger partial charge in [-0.2, -0.15) is 5.10 Å². The van der Waals surface area contributed by atoms with Crippen molar-refractivity contribution in [1.29, 1.82) is 0 Å². The van der Waals surface area contributed by atoms with E-state index in [0.29, 0.717) is 21.4 Å². The molecule has 2 aromatic heterocycles. The fourth-order valence-corrected chi connectivity index (χ4v) is 2.64. The third kappa shape index (κ3) is 2.65. The van der Waals surface area contributed by atoms with E-state index in [-0.39, 0.29) is 11.6 Å². The van der Waals surface area contributed by atoms with Gasteiger partial charge in [0.25, 0.3) is 5.91 Å². The minimum Gasteiger partial charge on any atom is -0.318 e. The number of benzene rings is 1. The van der Waals surface area contributed by atoms with Crippen molar-refractivity contribution in [3.8, 4) is 0 Å². The Morgan fingerprint density at radius 3 is 2.55 bits per heavy atom. The van der Waals surface area contributed by atoms with E-state index in [4.69, 9.17) is 23.2 Å². The van der Waals surface area contributed by atoms with E-state index in [1.54, 1.807) is 28.8 Å². The molecule has 2 heterocycles. The van der Waals surface area contributed by atoms with Crippen LogP contribution >= 0.6 is 23.2 Å². The summed E-state index contributed by atoms with van der Waals surface area (Å²) < 4.78 is 1.69. The first-order chi connectivity index (χ1) is 10.5. The normalized spacial score (nSPS) is 10.9. The van der Waals surface area contributed by atoms with E-state index < -0.39 is 0 Å². The molecule has 3 rings (SSSR count).